The molecule has 144 valence electrons. The van der Waals surface area contributed by atoms with Crippen molar-refractivity contribution >= 4 is 27.5 Å². The van der Waals surface area contributed by atoms with E-state index in [1.54, 1.807) is 13.0 Å². The number of amides is 1. The van der Waals surface area contributed by atoms with Crippen molar-refractivity contribution in [2.24, 2.45) is 0 Å². The molecule has 0 unspecified atom stereocenters. The predicted octanol–water partition coefficient (Wildman–Crippen LogP) is 6.36. The molecule has 1 amide bonds. The van der Waals surface area contributed by atoms with E-state index in [1.807, 2.05) is 27.7 Å². The van der Waals surface area contributed by atoms with E-state index in [9.17, 15) is 18.0 Å². The number of hydrogen-bond acceptors (Lipinski definition) is 3. The number of hydrogen-bond donors (Lipinski definition) is 1. The molecule has 26 heavy (non-hydrogen) atoms. The minimum Gasteiger partial charge on any atom is -0.406 e. The molecule has 1 aromatic carbocycles. The smallest absolute Gasteiger partial charge is 0.406 e. The molecule has 1 N–H and O–H groups in total. The highest BCUT2D eigenvalue weighted by molar-refractivity contribution is 9.10. The van der Waals surface area contributed by atoms with Crippen molar-refractivity contribution in [1.82, 2.24) is 4.98 Å². The monoisotopic (exact) mass is 434 g/mol. The molecule has 0 fully saturated rings. The molecule has 4 nitrogen and oxygen atoms in total. The second-order valence-corrected chi connectivity index (χ2v) is 5.17. The van der Waals surface area contributed by atoms with Gasteiger partial charge in [-0.2, -0.15) is 0 Å². The van der Waals surface area contributed by atoms with Crippen molar-refractivity contribution in [3.8, 4) is 5.75 Å². The van der Waals surface area contributed by atoms with Crippen molar-refractivity contribution in [2.45, 2.75) is 41.0 Å². The van der Waals surface area contributed by atoms with Gasteiger partial charge in [0.05, 0.1) is 11.3 Å². The Kier molecular flexibility index (Phi) is 10.6. The molecule has 0 saturated heterocycles. The molecule has 8 heteroatoms. The Morgan fingerprint density at radius 1 is 1.12 bits per heavy atom. The van der Waals surface area contributed by atoms with Crippen LogP contribution in [0.3, 0.4) is 0 Å². The molecule has 0 aliphatic heterocycles. The van der Waals surface area contributed by atoms with Crippen LogP contribution in [-0.2, 0) is 0 Å². The van der Waals surface area contributed by atoms with Crippen LogP contribution in [0, 0.1) is 6.92 Å². The molecule has 0 atom stereocenters. The fraction of sp³-hybridized carbons (Fsp3) is 0.333. The van der Waals surface area contributed by atoms with Gasteiger partial charge in [-0.05, 0) is 53.2 Å². The van der Waals surface area contributed by atoms with Crippen molar-refractivity contribution < 1.29 is 22.7 Å². The van der Waals surface area contributed by atoms with Crippen LogP contribution in [0.5, 0.6) is 5.75 Å². The maximum Gasteiger partial charge on any atom is 0.573 e. The largest absolute Gasteiger partial charge is 0.573 e. The molecule has 0 spiro atoms. The number of rotatable bonds is 3. The standard InChI is InChI=1S/C14H10BrF3N2O2.2C2H6/c1-8-12(15)6-9(7-19-8)13(21)20-10-2-4-11(5-3-10)22-14(16,17)18;2*1-2/h2-7H,1H3,(H,20,21);2*1-2H3. The summed E-state index contributed by atoms with van der Waals surface area (Å²) < 4.78 is 40.6. The van der Waals surface area contributed by atoms with Crippen LogP contribution < -0.4 is 10.1 Å². The Labute approximate surface area is 159 Å². The number of aromatic nitrogens is 1. The summed E-state index contributed by atoms with van der Waals surface area (Å²) in [6, 6.07) is 6.48. The predicted molar refractivity (Wildman–Crippen MR) is 100 cm³/mol. The summed E-state index contributed by atoms with van der Waals surface area (Å²) in [6.07, 6.45) is -3.33. The highest BCUT2D eigenvalue weighted by Crippen LogP contribution is 2.24. The van der Waals surface area contributed by atoms with E-state index in [1.165, 1.54) is 18.3 Å². The van der Waals surface area contributed by atoms with E-state index in [4.69, 9.17) is 0 Å². The third kappa shape index (κ3) is 8.33. The first-order valence-corrected chi connectivity index (χ1v) is 8.83. The molecule has 0 radical (unpaired) electrons. The Balaban J connectivity index is 0.00000146. The zero-order valence-corrected chi connectivity index (χ0v) is 16.8. The van der Waals surface area contributed by atoms with E-state index in [2.05, 4.69) is 31.0 Å². The van der Waals surface area contributed by atoms with E-state index in [0.29, 0.717) is 15.7 Å². The van der Waals surface area contributed by atoms with E-state index < -0.39 is 12.3 Å². The lowest BCUT2D eigenvalue weighted by Crippen LogP contribution is -2.17. The topological polar surface area (TPSA) is 51.2 Å². The van der Waals surface area contributed by atoms with Crippen molar-refractivity contribution in [1.29, 1.82) is 0 Å². The van der Waals surface area contributed by atoms with Gasteiger partial charge in [0.25, 0.3) is 5.91 Å². The number of anilines is 1. The normalized spacial score (nSPS) is 9.88. The summed E-state index contributed by atoms with van der Waals surface area (Å²) >= 11 is 3.27. The van der Waals surface area contributed by atoms with Gasteiger partial charge in [-0.25, -0.2) is 0 Å². The van der Waals surface area contributed by atoms with E-state index in [0.717, 1.165) is 17.8 Å². The molecule has 1 aromatic heterocycles. The van der Waals surface area contributed by atoms with Gasteiger partial charge in [0.2, 0.25) is 0 Å². The SMILES string of the molecule is CC.CC.Cc1ncc(C(=O)Nc2ccc(OC(F)(F)F)cc2)cc1Br. The lowest BCUT2D eigenvalue weighted by molar-refractivity contribution is -0.274. The second kappa shape index (κ2) is 11.5. The number of ether oxygens (including phenoxy) is 1. The number of carbonyl (C=O) groups excluding carboxylic acids is 1. The number of halogens is 4. The highest BCUT2D eigenvalue weighted by atomic mass is 79.9. The van der Waals surface area contributed by atoms with E-state index in [-0.39, 0.29) is 5.75 Å². The summed E-state index contributed by atoms with van der Waals surface area (Å²) in [5.41, 5.74) is 1.41. The first-order chi connectivity index (χ1) is 12.2. The Hall–Kier alpha value is -2.09. The maximum absolute atomic E-state index is 12.0. The van der Waals surface area contributed by atoms with Gasteiger partial charge in [0, 0.05) is 16.4 Å². The van der Waals surface area contributed by atoms with Crippen LogP contribution in [0.25, 0.3) is 0 Å². The fourth-order valence-corrected chi connectivity index (χ4v) is 1.92. The molecule has 0 aliphatic carbocycles. The van der Waals surface area contributed by atoms with Gasteiger partial charge in [0.15, 0.2) is 0 Å². The maximum atomic E-state index is 12.0. The molecule has 0 bridgehead atoms. The average molecular weight is 435 g/mol. The lowest BCUT2D eigenvalue weighted by Gasteiger charge is -2.10. The summed E-state index contributed by atoms with van der Waals surface area (Å²) in [5.74, 6) is -0.775. The molecule has 2 rings (SSSR count). The van der Waals surface area contributed by atoms with Gasteiger partial charge in [-0.3, -0.25) is 9.78 Å². The first kappa shape index (κ1) is 23.9. The second-order valence-electron chi connectivity index (χ2n) is 4.32. The highest BCUT2D eigenvalue weighted by Gasteiger charge is 2.30. The number of pyridine rings is 1. The Morgan fingerprint density at radius 3 is 2.12 bits per heavy atom. The Morgan fingerprint density at radius 2 is 1.65 bits per heavy atom. The van der Waals surface area contributed by atoms with Crippen molar-refractivity contribution in [2.75, 3.05) is 5.32 Å². The van der Waals surface area contributed by atoms with Gasteiger partial charge in [0.1, 0.15) is 5.75 Å². The third-order valence-electron chi connectivity index (χ3n) is 2.63. The van der Waals surface area contributed by atoms with Crippen LogP contribution >= 0.6 is 15.9 Å². The molecular formula is C18H22BrF3N2O2. The number of benzene rings is 1. The zero-order chi connectivity index (χ0) is 20.3. The summed E-state index contributed by atoms with van der Waals surface area (Å²) in [7, 11) is 0. The average Bonchev–Trinajstić information content (AvgIpc) is 2.61. The molecule has 2 aromatic rings. The van der Waals surface area contributed by atoms with Gasteiger partial charge < -0.3 is 10.1 Å². The third-order valence-corrected chi connectivity index (χ3v) is 3.44. The zero-order valence-electron chi connectivity index (χ0n) is 15.2. The minimum absolute atomic E-state index is 0.327. The molecule has 1 heterocycles. The van der Waals surface area contributed by atoms with Gasteiger partial charge in [-0.15, -0.1) is 13.2 Å². The summed E-state index contributed by atoms with van der Waals surface area (Å²) in [5, 5.41) is 2.56. The van der Waals surface area contributed by atoms with Crippen LogP contribution in [0.1, 0.15) is 43.7 Å². The van der Waals surface area contributed by atoms with Crippen molar-refractivity contribution in [3.63, 3.8) is 0 Å². The molecule has 0 saturated carbocycles. The van der Waals surface area contributed by atoms with Gasteiger partial charge >= 0.3 is 6.36 Å². The van der Waals surface area contributed by atoms with Gasteiger partial charge in [-0.1, -0.05) is 27.7 Å². The number of nitrogens with zero attached hydrogens (tertiary/aromatic N) is 1. The fourth-order valence-electron chi connectivity index (χ4n) is 1.57. The molecule has 0 aliphatic rings. The van der Waals surface area contributed by atoms with Crippen LogP contribution in [0.4, 0.5) is 18.9 Å². The van der Waals surface area contributed by atoms with Crippen molar-refractivity contribution in [3.05, 3.63) is 52.3 Å². The van der Waals surface area contributed by atoms with Crippen LogP contribution in [0.2, 0.25) is 0 Å². The summed E-state index contributed by atoms with van der Waals surface area (Å²) in [6.45, 7) is 9.78. The number of alkyl halides is 3. The minimum atomic E-state index is -4.75. The number of carbonyl (C=O) groups is 1. The summed E-state index contributed by atoms with van der Waals surface area (Å²) in [4.78, 5) is 16.1. The van der Waals surface area contributed by atoms with E-state index >= 15 is 0 Å². The number of nitrogens with one attached hydrogen (secondary N) is 1. The Bertz CT molecular complexity index is 690. The van der Waals surface area contributed by atoms with Crippen LogP contribution in [-0.4, -0.2) is 17.3 Å². The first-order valence-electron chi connectivity index (χ1n) is 8.04. The lowest BCUT2D eigenvalue weighted by atomic mass is 10.2. The molecular weight excluding hydrogens is 413 g/mol. The number of aryl methyl sites for hydroxylation is 1. The van der Waals surface area contributed by atoms with Crippen LogP contribution in [0.15, 0.2) is 41.0 Å². The quantitative estimate of drug-likeness (QED) is 0.611.